The quantitative estimate of drug-likeness (QED) is 0.618. The van der Waals surface area contributed by atoms with Gasteiger partial charge in [0.05, 0.1) is 4.92 Å². The molecule has 1 aromatic carbocycles. The smallest absolute Gasteiger partial charge is 0.414 e. The number of rotatable bonds is 2. The van der Waals surface area contributed by atoms with Gasteiger partial charge < -0.3 is 4.74 Å². The van der Waals surface area contributed by atoms with E-state index in [0.717, 1.165) is 13.1 Å². The van der Waals surface area contributed by atoms with Gasteiger partial charge in [0.1, 0.15) is 11.3 Å². The van der Waals surface area contributed by atoms with Gasteiger partial charge in [-0.1, -0.05) is 0 Å². The molecule has 0 spiro atoms. The van der Waals surface area contributed by atoms with Crippen LogP contribution in [0.25, 0.3) is 0 Å². The minimum absolute atomic E-state index is 0.558. The van der Waals surface area contributed by atoms with Crippen LogP contribution in [0.5, 0.6) is 0 Å². The predicted molar refractivity (Wildman–Crippen MR) is 67.6 cm³/mol. The normalized spacial score (nSPS) is 11.1. The molecule has 0 unspecified atom stereocenters. The number of amides is 1. The Labute approximate surface area is 114 Å². The molecular formula is C12H14F2N2O4. The van der Waals surface area contributed by atoms with Crippen LogP contribution in [0.3, 0.4) is 0 Å². The fourth-order valence-corrected chi connectivity index (χ4v) is 1.40. The Morgan fingerprint density at radius 2 is 1.90 bits per heavy atom. The average molecular weight is 288 g/mol. The lowest BCUT2D eigenvalue weighted by Crippen LogP contribution is -2.35. The molecule has 8 heteroatoms. The van der Waals surface area contributed by atoms with E-state index in [1.54, 1.807) is 20.8 Å². The minimum atomic E-state index is -1.43. The van der Waals surface area contributed by atoms with Gasteiger partial charge in [-0.2, -0.15) is 4.39 Å². The first kappa shape index (κ1) is 15.8. The summed E-state index contributed by atoms with van der Waals surface area (Å²) in [4.78, 5) is 21.9. The third-order valence-electron chi connectivity index (χ3n) is 2.25. The third-order valence-corrected chi connectivity index (χ3v) is 2.25. The van der Waals surface area contributed by atoms with Crippen LogP contribution < -0.4 is 4.90 Å². The van der Waals surface area contributed by atoms with Crippen LogP contribution in [0.4, 0.5) is 25.0 Å². The lowest BCUT2D eigenvalue weighted by atomic mass is 10.2. The number of nitrogens with zero attached hydrogens (tertiary/aromatic N) is 2. The van der Waals surface area contributed by atoms with Gasteiger partial charge in [-0.05, 0) is 26.8 Å². The molecule has 0 bridgehead atoms. The molecule has 110 valence electrons. The molecule has 20 heavy (non-hydrogen) atoms. The van der Waals surface area contributed by atoms with Gasteiger partial charge in [-0.15, -0.1) is 0 Å². The van der Waals surface area contributed by atoms with Crippen LogP contribution in [0.2, 0.25) is 0 Å². The lowest BCUT2D eigenvalue weighted by Gasteiger charge is -2.25. The summed E-state index contributed by atoms with van der Waals surface area (Å²) in [5, 5.41) is 10.6. The number of halogens is 2. The van der Waals surface area contributed by atoms with Crippen molar-refractivity contribution in [2.45, 2.75) is 26.4 Å². The van der Waals surface area contributed by atoms with Crippen molar-refractivity contribution in [3.8, 4) is 0 Å². The number of benzene rings is 1. The molecule has 1 rings (SSSR count). The zero-order chi connectivity index (χ0) is 15.7. The summed E-state index contributed by atoms with van der Waals surface area (Å²) >= 11 is 0. The third kappa shape index (κ3) is 3.40. The minimum Gasteiger partial charge on any atom is -0.443 e. The number of nitro groups is 1. The Morgan fingerprint density at radius 1 is 1.35 bits per heavy atom. The second-order valence-electron chi connectivity index (χ2n) is 5.03. The number of nitro benzene ring substituents is 1. The summed E-state index contributed by atoms with van der Waals surface area (Å²) in [5.41, 5.74) is -2.61. The topological polar surface area (TPSA) is 72.7 Å². The summed E-state index contributed by atoms with van der Waals surface area (Å²) < 4.78 is 32.5. The van der Waals surface area contributed by atoms with Crippen molar-refractivity contribution in [3.05, 3.63) is 33.9 Å². The van der Waals surface area contributed by atoms with Crippen LogP contribution in [0.1, 0.15) is 20.8 Å². The van der Waals surface area contributed by atoms with Crippen LogP contribution in [-0.2, 0) is 4.74 Å². The highest BCUT2D eigenvalue weighted by Gasteiger charge is 2.29. The second kappa shape index (κ2) is 5.40. The Balaban J connectivity index is 3.22. The van der Waals surface area contributed by atoms with Gasteiger partial charge in [0.15, 0.2) is 5.82 Å². The van der Waals surface area contributed by atoms with E-state index in [2.05, 4.69) is 0 Å². The summed E-state index contributed by atoms with van der Waals surface area (Å²) in [5.74, 6) is -2.52. The van der Waals surface area contributed by atoms with E-state index in [0.29, 0.717) is 11.0 Å². The van der Waals surface area contributed by atoms with Crippen LogP contribution in [0.15, 0.2) is 12.1 Å². The van der Waals surface area contributed by atoms with Crippen molar-refractivity contribution < 1.29 is 23.2 Å². The molecule has 1 amide bonds. The number of carbonyl (C=O) groups is 1. The largest absolute Gasteiger partial charge is 0.443 e. The molecule has 1 aromatic rings. The van der Waals surface area contributed by atoms with Crippen molar-refractivity contribution in [3.63, 3.8) is 0 Å². The standard InChI is InChI=1S/C12H14F2N2O4/c1-12(2,3)20-11(17)15(4)10-7(13)5-6-8(9(10)14)16(18)19/h5-6H,1-4H3. The van der Waals surface area contributed by atoms with E-state index in [9.17, 15) is 23.7 Å². The molecular weight excluding hydrogens is 274 g/mol. The van der Waals surface area contributed by atoms with Crippen molar-refractivity contribution in [1.82, 2.24) is 0 Å². The Kier molecular flexibility index (Phi) is 4.26. The molecule has 0 aliphatic rings. The van der Waals surface area contributed by atoms with Gasteiger partial charge in [-0.25, -0.2) is 9.18 Å². The van der Waals surface area contributed by atoms with Crippen molar-refractivity contribution in [1.29, 1.82) is 0 Å². The van der Waals surface area contributed by atoms with E-state index < -0.39 is 39.6 Å². The van der Waals surface area contributed by atoms with Crippen LogP contribution >= 0.6 is 0 Å². The van der Waals surface area contributed by atoms with E-state index in [1.165, 1.54) is 0 Å². The maximum Gasteiger partial charge on any atom is 0.414 e. The molecule has 0 heterocycles. The van der Waals surface area contributed by atoms with Gasteiger partial charge in [-0.3, -0.25) is 15.0 Å². The highest BCUT2D eigenvalue weighted by atomic mass is 19.1. The molecule has 0 saturated heterocycles. The number of anilines is 1. The molecule has 0 saturated carbocycles. The predicted octanol–water partition coefficient (Wildman–Crippen LogP) is 3.24. The zero-order valence-corrected chi connectivity index (χ0v) is 11.4. The summed E-state index contributed by atoms with van der Waals surface area (Å²) in [6.07, 6.45) is -1.02. The monoisotopic (exact) mass is 288 g/mol. The number of hydrogen-bond donors (Lipinski definition) is 0. The zero-order valence-electron chi connectivity index (χ0n) is 11.4. The summed E-state index contributed by atoms with van der Waals surface area (Å²) in [7, 11) is 1.07. The average Bonchev–Trinajstić information content (AvgIpc) is 2.25. The van der Waals surface area contributed by atoms with Gasteiger partial charge >= 0.3 is 11.8 Å². The fourth-order valence-electron chi connectivity index (χ4n) is 1.40. The summed E-state index contributed by atoms with van der Waals surface area (Å²) in [6.45, 7) is 4.75. The van der Waals surface area contributed by atoms with E-state index in [-0.39, 0.29) is 0 Å². The molecule has 0 aromatic heterocycles. The molecule has 0 aliphatic heterocycles. The maximum absolute atomic E-state index is 13.9. The SMILES string of the molecule is CN(C(=O)OC(C)(C)C)c1c(F)ccc([N+](=O)[O-])c1F. The summed E-state index contributed by atoms with van der Waals surface area (Å²) in [6, 6.07) is 1.41. The molecule has 0 aliphatic carbocycles. The van der Waals surface area contributed by atoms with Crippen molar-refractivity contribution in [2.24, 2.45) is 0 Å². The van der Waals surface area contributed by atoms with E-state index in [4.69, 9.17) is 4.74 Å². The lowest BCUT2D eigenvalue weighted by molar-refractivity contribution is -0.387. The first-order chi connectivity index (χ1) is 9.04. The Hall–Kier alpha value is -2.25. The van der Waals surface area contributed by atoms with Crippen LogP contribution in [0, 0.1) is 21.7 Å². The van der Waals surface area contributed by atoms with Crippen molar-refractivity contribution >= 4 is 17.5 Å². The molecule has 0 N–H and O–H groups in total. The fraction of sp³-hybridized carbons (Fsp3) is 0.417. The Bertz CT molecular complexity index is 555. The molecule has 0 radical (unpaired) electrons. The highest BCUT2D eigenvalue weighted by molar-refractivity contribution is 5.88. The van der Waals surface area contributed by atoms with Crippen molar-refractivity contribution in [2.75, 3.05) is 11.9 Å². The molecule has 0 fully saturated rings. The first-order valence-corrected chi connectivity index (χ1v) is 5.63. The van der Waals surface area contributed by atoms with Gasteiger partial charge in [0.25, 0.3) is 0 Å². The van der Waals surface area contributed by atoms with E-state index >= 15 is 0 Å². The number of hydrogen-bond acceptors (Lipinski definition) is 4. The van der Waals surface area contributed by atoms with E-state index in [1.807, 2.05) is 0 Å². The maximum atomic E-state index is 13.9. The molecule has 6 nitrogen and oxygen atoms in total. The number of ether oxygens (including phenoxy) is 1. The highest BCUT2D eigenvalue weighted by Crippen LogP contribution is 2.30. The first-order valence-electron chi connectivity index (χ1n) is 5.63. The van der Waals surface area contributed by atoms with Gasteiger partial charge in [0, 0.05) is 13.1 Å². The second-order valence-corrected chi connectivity index (χ2v) is 5.03. The Morgan fingerprint density at radius 3 is 2.35 bits per heavy atom. The van der Waals surface area contributed by atoms with Gasteiger partial charge in [0.2, 0.25) is 5.82 Å². The molecule has 0 atom stereocenters. The number of carbonyl (C=O) groups excluding carboxylic acids is 1. The van der Waals surface area contributed by atoms with Crippen LogP contribution in [-0.4, -0.2) is 23.7 Å².